The van der Waals surface area contributed by atoms with Crippen molar-refractivity contribution in [1.82, 2.24) is 3.30 Å². The van der Waals surface area contributed by atoms with E-state index in [0.717, 1.165) is 11.1 Å². The molecule has 0 fully saturated rings. The Balaban J connectivity index is 0.00000156. The van der Waals surface area contributed by atoms with Crippen LogP contribution >= 0.6 is 0 Å². The zero-order valence-electron chi connectivity index (χ0n) is 14.6. The summed E-state index contributed by atoms with van der Waals surface area (Å²) in [5.41, 5.74) is 4.66. The number of nitrogens with one attached hydrogen (secondary N) is 1. The molecule has 3 rings (SSSR count). The van der Waals surface area contributed by atoms with E-state index in [1.165, 1.54) is 11.1 Å². The molecule has 0 saturated heterocycles. The van der Waals surface area contributed by atoms with Gasteiger partial charge >= 0.3 is 148 Å². The first kappa shape index (κ1) is 22.4. The molecule has 1 N–H and O–H groups in total. The van der Waals surface area contributed by atoms with Gasteiger partial charge in [0.25, 0.3) is 0 Å². The van der Waals surface area contributed by atoms with E-state index in [0.29, 0.717) is 3.67 Å². The molecule has 25 heavy (non-hydrogen) atoms. The van der Waals surface area contributed by atoms with Gasteiger partial charge in [-0.3, -0.25) is 0 Å². The molecule has 0 spiro atoms. The van der Waals surface area contributed by atoms with Crippen LogP contribution in [-0.2, 0) is 20.9 Å². The van der Waals surface area contributed by atoms with Gasteiger partial charge in [-0.1, -0.05) is 0 Å². The molecular weight excluding hydrogens is 536 g/mol. The second-order valence-electron chi connectivity index (χ2n) is 6.34. The number of aryl methyl sites for hydroxylation is 1. The molecule has 1 aliphatic carbocycles. The number of hydrogen-bond acceptors (Lipinski definition) is 1. The van der Waals surface area contributed by atoms with E-state index in [1.54, 1.807) is 0 Å². The minimum Gasteiger partial charge on any atom is -1.00 e. The van der Waals surface area contributed by atoms with Gasteiger partial charge in [0.1, 0.15) is 0 Å². The predicted octanol–water partition coefficient (Wildman–Crippen LogP) is -1.98. The van der Waals surface area contributed by atoms with Crippen LogP contribution in [0.25, 0.3) is 6.08 Å². The second-order valence-corrected chi connectivity index (χ2v) is 32.6. The number of amides is 1. The molecule has 2 aromatic carbocycles. The van der Waals surface area contributed by atoms with Crippen LogP contribution in [0.3, 0.4) is 0 Å². The average molecular weight is 558 g/mol. The van der Waals surface area contributed by atoms with Gasteiger partial charge in [0, 0.05) is 0 Å². The number of rotatable bonds is 4. The number of carbonyl (C=O) groups excluding carboxylic acids is 1. The quantitative estimate of drug-likeness (QED) is 0.434. The molecule has 0 aliphatic heterocycles. The molecular formula is C19H22Cl2HfNOSi. The van der Waals surface area contributed by atoms with Gasteiger partial charge in [-0.2, -0.15) is 0 Å². The third kappa shape index (κ3) is 4.94. The Hall–Kier alpha value is -0.683. The van der Waals surface area contributed by atoms with Crippen molar-refractivity contribution in [2.24, 2.45) is 0 Å². The van der Waals surface area contributed by atoms with E-state index in [2.05, 4.69) is 52.8 Å². The van der Waals surface area contributed by atoms with E-state index < -0.39 is 26.9 Å². The summed E-state index contributed by atoms with van der Waals surface area (Å²) in [6.07, 6.45) is 4.58. The van der Waals surface area contributed by atoms with Gasteiger partial charge in [-0.05, 0) is 0 Å². The Kier molecular flexibility index (Phi) is 8.82. The number of halogens is 2. The zero-order chi connectivity index (χ0) is 16.4. The van der Waals surface area contributed by atoms with Gasteiger partial charge in [-0.15, -0.1) is 0 Å². The van der Waals surface area contributed by atoms with Crippen LogP contribution in [0.5, 0.6) is 0 Å². The summed E-state index contributed by atoms with van der Waals surface area (Å²) in [4.78, 5) is 12.8. The number of benzene rings is 2. The van der Waals surface area contributed by atoms with Crippen molar-refractivity contribution in [3.63, 3.8) is 0 Å². The van der Waals surface area contributed by atoms with Crippen LogP contribution in [0.15, 0.2) is 54.6 Å². The summed E-state index contributed by atoms with van der Waals surface area (Å²) in [5.74, 6) is -0.720. The van der Waals surface area contributed by atoms with Gasteiger partial charge in [0.2, 0.25) is 0 Å². The van der Waals surface area contributed by atoms with Crippen molar-refractivity contribution in [3.05, 3.63) is 76.9 Å². The smallest absolute Gasteiger partial charge is 1.00 e. The summed E-state index contributed by atoms with van der Waals surface area (Å²) in [7, 11) is 0. The van der Waals surface area contributed by atoms with Crippen LogP contribution in [0.2, 0.25) is 13.1 Å². The molecule has 1 unspecified atom stereocenters. The van der Waals surface area contributed by atoms with Crippen molar-refractivity contribution in [2.45, 2.75) is 23.7 Å². The van der Waals surface area contributed by atoms with Crippen LogP contribution in [0, 0.1) is 6.92 Å². The van der Waals surface area contributed by atoms with Crippen molar-refractivity contribution in [3.8, 4) is 0 Å². The first-order valence-electron chi connectivity index (χ1n) is 8.08. The number of hydrogen-bond donors (Lipinski definition) is 1. The molecule has 0 aromatic heterocycles. The maximum Gasteiger partial charge on any atom is -1.00 e. The molecule has 1 aliphatic rings. The molecule has 1 atom stereocenters. The molecule has 0 bridgehead atoms. The third-order valence-electron chi connectivity index (χ3n) is 4.40. The van der Waals surface area contributed by atoms with Crippen LogP contribution in [-0.4, -0.2) is 11.9 Å². The SMILES string of the molecule is Cc1ccccc1C(=O)[NH][Hf+2]([CH]1C=Cc2ccccc21)[SiH](C)C.[Cl-].[Cl-]. The number of allylic oxidation sites excluding steroid dienone is 1. The summed E-state index contributed by atoms with van der Waals surface area (Å²) in [5, 5.41) is 0. The van der Waals surface area contributed by atoms with E-state index in [9.17, 15) is 4.79 Å². The third-order valence-corrected chi connectivity index (χ3v) is 29.2. The van der Waals surface area contributed by atoms with Crippen LogP contribution in [0.1, 0.15) is 30.7 Å². The molecule has 0 radical (unpaired) electrons. The molecule has 0 saturated carbocycles. The minimum atomic E-state index is -2.25. The molecule has 1 amide bonds. The minimum absolute atomic E-state index is 0. The normalized spacial score (nSPS) is 14.3. The predicted molar refractivity (Wildman–Crippen MR) is 95.7 cm³/mol. The van der Waals surface area contributed by atoms with Crippen molar-refractivity contribution in [2.75, 3.05) is 0 Å². The van der Waals surface area contributed by atoms with Gasteiger partial charge in [0.05, 0.1) is 0 Å². The summed E-state index contributed by atoms with van der Waals surface area (Å²) >= 11 is -2.25. The average Bonchev–Trinajstić information content (AvgIpc) is 2.96. The topological polar surface area (TPSA) is 29.1 Å². The first-order chi connectivity index (χ1) is 11.1. The maximum atomic E-state index is 12.8. The van der Waals surface area contributed by atoms with Crippen molar-refractivity contribution >= 4 is 18.0 Å². The maximum absolute atomic E-state index is 12.8. The Bertz CT molecular complexity index is 767. The van der Waals surface area contributed by atoms with Gasteiger partial charge < -0.3 is 24.8 Å². The Labute approximate surface area is 171 Å². The largest absolute Gasteiger partial charge is 1.00 e. The monoisotopic (exact) mass is 558 g/mol. The summed E-state index contributed by atoms with van der Waals surface area (Å²) < 4.78 is 4.05. The molecule has 6 heteroatoms. The van der Waals surface area contributed by atoms with Gasteiger partial charge in [0.15, 0.2) is 0 Å². The number of carbonyl (C=O) groups is 1. The Morgan fingerprint density at radius 3 is 2.36 bits per heavy atom. The molecule has 0 heterocycles. The second kappa shape index (κ2) is 9.86. The van der Waals surface area contributed by atoms with E-state index >= 15 is 0 Å². The fourth-order valence-electron chi connectivity index (χ4n) is 3.13. The van der Waals surface area contributed by atoms with Crippen LogP contribution < -0.4 is 28.1 Å². The first-order valence-corrected chi connectivity index (χ1v) is 21.1. The Morgan fingerprint density at radius 2 is 1.68 bits per heavy atom. The van der Waals surface area contributed by atoms with E-state index in [4.69, 9.17) is 0 Å². The van der Waals surface area contributed by atoms with E-state index in [1.807, 2.05) is 31.2 Å². The van der Waals surface area contributed by atoms with Crippen molar-refractivity contribution < 1.29 is 50.5 Å². The zero-order valence-corrected chi connectivity index (χ0v) is 20.9. The van der Waals surface area contributed by atoms with Crippen molar-refractivity contribution in [1.29, 1.82) is 0 Å². The molecule has 2 nitrogen and oxygen atoms in total. The standard InChI is InChI=1S/C9H7.C8H9NO.C2H7Si.2ClH.Hf/c1-2-5-9-7-3-6-8(9)4-1;1-6-4-2-3-5-7(6)8(9)10;1-3-2;;;/h1-7H;2-5H,1H3,(H2,9,10);3H,1-2H3;2*1H;/q;;;;;+3/p-3. The Morgan fingerprint density at radius 1 is 1.04 bits per heavy atom. The molecule has 131 valence electrons. The number of fused-ring (bicyclic) bond motifs is 1. The summed E-state index contributed by atoms with van der Waals surface area (Å²) in [6, 6.07) is 16.5. The van der Waals surface area contributed by atoms with Crippen LogP contribution in [0.4, 0.5) is 0 Å². The molecule has 2 aromatic rings. The summed E-state index contributed by atoms with van der Waals surface area (Å²) in [6.45, 7) is 6.81. The van der Waals surface area contributed by atoms with Gasteiger partial charge in [-0.25, -0.2) is 0 Å². The fraction of sp³-hybridized carbons (Fsp3) is 0.211. The van der Waals surface area contributed by atoms with E-state index in [-0.39, 0.29) is 30.7 Å². The fourth-order valence-corrected chi connectivity index (χ4v) is 23.7.